The van der Waals surface area contributed by atoms with Crippen molar-refractivity contribution in [3.63, 3.8) is 0 Å². The zero-order valence-corrected chi connectivity index (χ0v) is 11.9. The number of carbonyl (C=O) groups excluding carboxylic acids is 1. The Morgan fingerprint density at radius 3 is 2.75 bits per heavy atom. The van der Waals surface area contributed by atoms with Crippen LogP contribution in [-0.4, -0.2) is 25.3 Å². The molecule has 0 aromatic heterocycles. The average molecular weight is 276 g/mol. The Labute approximate surface area is 119 Å². The number of rotatable bonds is 6. The van der Waals surface area contributed by atoms with E-state index in [2.05, 4.69) is 0 Å². The molecule has 0 fully saturated rings. The first kappa shape index (κ1) is 14.6. The van der Waals surface area contributed by atoms with Crippen LogP contribution in [0, 0.1) is 0 Å². The lowest BCUT2D eigenvalue weighted by molar-refractivity contribution is -0.145. The van der Waals surface area contributed by atoms with Crippen LogP contribution in [0.4, 0.5) is 0 Å². The van der Waals surface area contributed by atoms with Crippen molar-refractivity contribution in [2.24, 2.45) is 0 Å². The zero-order valence-electron chi connectivity index (χ0n) is 11.9. The summed E-state index contributed by atoms with van der Waals surface area (Å²) in [6, 6.07) is 7.79. The molecule has 4 nitrogen and oxygen atoms in total. The van der Waals surface area contributed by atoms with Crippen molar-refractivity contribution in [3.05, 3.63) is 42.0 Å². The maximum atomic E-state index is 11.1. The third-order valence-electron chi connectivity index (χ3n) is 3.22. The first-order valence-electron chi connectivity index (χ1n) is 6.79. The van der Waals surface area contributed by atoms with Gasteiger partial charge in [-0.05, 0) is 24.6 Å². The predicted octanol–water partition coefficient (Wildman–Crippen LogP) is 2.86. The molecule has 108 valence electrons. The Morgan fingerprint density at radius 1 is 1.35 bits per heavy atom. The molecule has 0 N–H and O–H groups in total. The molecular weight excluding hydrogens is 256 g/mol. The molecule has 0 unspecified atom stereocenters. The average Bonchev–Trinajstić information content (AvgIpc) is 2.46. The molecule has 1 aliphatic rings. The van der Waals surface area contributed by atoms with Crippen molar-refractivity contribution < 1.29 is 19.0 Å². The van der Waals surface area contributed by atoms with E-state index in [-0.39, 0.29) is 18.2 Å². The summed E-state index contributed by atoms with van der Waals surface area (Å²) in [5.74, 6) is 0.575. The van der Waals surface area contributed by atoms with Gasteiger partial charge in [0.05, 0.1) is 19.8 Å². The SMILES string of the molecule is COc1ccc(CO[C@H](C)C[C@H]2CC=CC(=O)O2)cc1. The van der Waals surface area contributed by atoms with Gasteiger partial charge in [0.25, 0.3) is 0 Å². The van der Waals surface area contributed by atoms with Gasteiger partial charge in [-0.15, -0.1) is 0 Å². The quantitative estimate of drug-likeness (QED) is 0.749. The van der Waals surface area contributed by atoms with Crippen molar-refractivity contribution in [3.8, 4) is 5.75 Å². The zero-order chi connectivity index (χ0) is 14.4. The number of cyclic esters (lactones) is 1. The molecule has 1 aromatic rings. The molecule has 20 heavy (non-hydrogen) atoms. The molecule has 0 bridgehead atoms. The number of methoxy groups -OCH3 is 1. The van der Waals surface area contributed by atoms with E-state index in [9.17, 15) is 4.79 Å². The summed E-state index contributed by atoms with van der Waals surface area (Å²) in [7, 11) is 1.65. The summed E-state index contributed by atoms with van der Waals surface area (Å²) in [5, 5.41) is 0. The van der Waals surface area contributed by atoms with Gasteiger partial charge in [-0.3, -0.25) is 0 Å². The van der Waals surface area contributed by atoms with Gasteiger partial charge in [0.1, 0.15) is 11.9 Å². The van der Waals surface area contributed by atoms with Crippen molar-refractivity contribution in [1.29, 1.82) is 0 Å². The summed E-state index contributed by atoms with van der Waals surface area (Å²) >= 11 is 0. The number of carbonyl (C=O) groups is 1. The Balaban J connectivity index is 1.75. The van der Waals surface area contributed by atoms with Crippen LogP contribution in [0.2, 0.25) is 0 Å². The molecule has 0 saturated heterocycles. The van der Waals surface area contributed by atoms with Gasteiger partial charge in [0.15, 0.2) is 0 Å². The van der Waals surface area contributed by atoms with E-state index in [4.69, 9.17) is 14.2 Å². The molecular formula is C16H20O4. The predicted molar refractivity (Wildman–Crippen MR) is 75.5 cm³/mol. The molecule has 2 rings (SSSR count). The van der Waals surface area contributed by atoms with E-state index in [1.54, 1.807) is 7.11 Å². The first-order valence-corrected chi connectivity index (χ1v) is 6.79. The normalized spacial score (nSPS) is 19.5. The van der Waals surface area contributed by atoms with E-state index in [1.807, 2.05) is 37.3 Å². The van der Waals surface area contributed by atoms with Crippen molar-refractivity contribution >= 4 is 5.97 Å². The van der Waals surface area contributed by atoms with Crippen LogP contribution < -0.4 is 4.74 Å². The van der Waals surface area contributed by atoms with Crippen molar-refractivity contribution in [2.75, 3.05) is 7.11 Å². The number of esters is 1. The van der Waals surface area contributed by atoms with Gasteiger partial charge in [-0.25, -0.2) is 4.79 Å². The monoisotopic (exact) mass is 276 g/mol. The Hall–Kier alpha value is -1.81. The molecule has 1 aliphatic heterocycles. The molecule has 0 saturated carbocycles. The first-order chi connectivity index (χ1) is 9.67. The fourth-order valence-electron chi connectivity index (χ4n) is 2.11. The topological polar surface area (TPSA) is 44.8 Å². The van der Waals surface area contributed by atoms with Gasteiger partial charge in [0, 0.05) is 18.9 Å². The second kappa shape index (κ2) is 7.10. The Kier molecular flexibility index (Phi) is 5.18. The molecule has 0 amide bonds. The minimum Gasteiger partial charge on any atom is -0.497 e. The highest BCUT2D eigenvalue weighted by atomic mass is 16.5. The number of ether oxygens (including phenoxy) is 3. The summed E-state index contributed by atoms with van der Waals surface area (Å²) < 4.78 is 16.1. The lowest BCUT2D eigenvalue weighted by atomic mass is 10.1. The molecule has 1 aromatic carbocycles. The van der Waals surface area contributed by atoms with Crippen molar-refractivity contribution in [1.82, 2.24) is 0 Å². The van der Waals surface area contributed by atoms with Crippen LogP contribution in [-0.2, 0) is 20.9 Å². The van der Waals surface area contributed by atoms with E-state index in [1.165, 1.54) is 6.08 Å². The van der Waals surface area contributed by atoms with Gasteiger partial charge in [-0.2, -0.15) is 0 Å². The minimum absolute atomic E-state index is 0.0430. The Morgan fingerprint density at radius 2 is 2.10 bits per heavy atom. The fraction of sp³-hybridized carbons (Fsp3) is 0.438. The Bertz CT molecular complexity index is 464. The highest BCUT2D eigenvalue weighted by Crippen LogP contribution is 2.17. The third-order valence-corrected chi connectivity index (χ3v) is 3.22. The summed E-state index contributed by atoms with van der Waals surface area (Å²) in [5.41, 5.74) is 1.10. The van der Waals surface area contributed by atoms with E-state index < -0.39 is 0 Å². The van der Waals surface area contributed by atoms with Gasteiger partial charge < -0.3 is 14.2 Å². The molecule has 2 atom stereocenters. The van der Waals surface area contributed by atoms with E-state index in [0.717, 1.165) is 17.7 Å². The summed E-state index contributed by atoms with van der Waals surface area (Å²) in [6.45, 7) is 2.54. The lowest BCUT2D eigenvalue weighted by Gasteiger charge is -2.22. The largest absolute Gasteiger partial charge is 0.497 e. The molecule has 0 radical (unpaired) electrons. The second-order valence-electron chi connectivity index (χ2n) is 4.90. The lowest BCUT2D eigenvalue weighted by Crippen LogP contribution is -2.25. The smallest absolute Gasteiger partial charge is 0.330 e. The minimum atomic E-state index is -0.261. The number of benzene rings is 1. The maximum absolute atomic E-state index is 11.1. The summed E-state index contributed by atoms with van der Waals surface area (Å²) in [6.07, 6.45) is 4.78. The molecule has 1 heterocycles. The van der Waals surface area contributed by atoms with Crippen LogP contribution in [0.25, 0.3) is 0 Å². The third kappa shape index (κ3) is 4.38. The molecule has 0 aliphatic carbocycles. The van der Waals surface area contributed by atoms with E-state index >= 15 is 0 Å². The molecule has 0 spiro atoms. The molecule has 4 heteroatoms. The van der Waals surface area contributed by atoms with Crippen LogP contribution in [0.15, 0.2) is 36.4 Å². The number of hydrogen-bond acceptors (Lipinski definition) is 4. The van der Waals surface area contributed by atoms with Crippen LogP contribution >= 0.6 is 0 Å². The van der Waals surface area contributed by atoms with Crippen molar-refractivity contribution in [2.45, 2.75) is 38.6 Å². The number of hydrogen-bond donors (Lipinski definition) is 0. The highest BCUT2D eigenvalue weighted by molar-refractivity contribution is 5.82. The van der Waals surface area contributed by atoms with Crippen LogP contribution in [0.1, 0.15) is 25.3 Å². The van der Waals surface area contributed by atoms with Gasteiger partial charge >= 0.3 is 5.97 Å². The fourth-order valence-corrected chi connectivity index (χ4v) is 2.11. The highest BCUT2D eigenvalue weighted by Gasteiger charge is 2.19. The standard InChI is InChI=1S/C16H20O4/c1-12(10-15-4-3-5-16(17)20-15)19-11-13-6-8-14(18-2)9-7-13/h3,5-9,12,15H,4,10-11H2,1-2H3/t12-,15-/m1/s1. The van der Waals surface area contributed by atoms with Crippen LogP contribution in [0.3, 0.4) is 0 Å². The van der Waals surface area contributed by atoms with E-state index in [0.29, 0.717) is 13.0 Å². The second-order valence-corrected chi connectivity index (χ2v) is 4.90. The van der Waals surface area contributed by atoms with Gasteiger partial charge in [0.2, 0.25) is 0 Å². The summed E-state index contributed by atoms with van der Waals surface area (Å²) in [4.78, 5) is 11.1. The maximum Gasteiger partial charge on any atom is 0.330 e. The van der Waals surface area contributed by atoms with Gasteiger partial charge in [-0.1, -0.05) is 18.2 Å². The van der Waals surface area contributed by atoms with Crippen LogP contribution in [0.5, 0.6) is 5.75 Å².